The average Bonchev–Trinajstić information content (AvgIpc) is 3.56. The van der Waals surface area contributed by atoms with Gasteiger partial charge in [0, 0.05) is 19.4 Å². The van der Waals surface area contributed by atoms with E-state index in [1.54, 1.807) is 12.1 Å². The van der Waals surface area contributed by atoms with Crippen LogP contribution in [-0.4, -0.2) is 206 Å². The third kappa shape index (κ3) is 25.2. The number of carbonyl (C=O) groups excluding carboxylic acids is 5. The van der Waals surface area contributed by atoms with Crippen LogP contribution in [0.2, 0.25) is 0 Å². The van der Waals surface area contributed by atoms with E-state index in [2.05, 4.69) is 17.2 Å². The summed E-state index contributed by atoms with van der Waals surface area (Å²) >= 11 is 0. The average molecular weight is 942 g/mol. The number of amides is 5. The van der Waals surface area contributed by atoms with Gasteiger partial charge in [-0.1, -0.05) is 19.1 Å². The Morgan fingerprint density at radius 3 is 1.38 bits per heavy atom. The van der Waals surface area contributed by atoms with Crippen LogP contribution in [0.5, 0.6) is 0 Å². The maximum Gasteiger partial charge on any atom is 0.264 e. The molecule has 1 aromatic carbocycles. The lowest BCUT2D eigenvalue weighted by Crippen LogP contribution is -2.54. The predicted molar refractivity (Wildman–Crippen MR) is 236 cm³/mol. The number of nitrogens with one attached hydrogen (secondary N) is 2. The second-order valence-electron chi connectivity index (χ2n) is 14.4. The number of carbonyl (C=O) groups is 5. The van der Waals surface area contributed by atoms with Crippen molar-refractivity contribution in [3.8, 4) is 0 Å². The van der Waals surface area contributed by atoms with Gasteiger partial charge in [-0.3, -0.25) is 34.2 Å². The Bertz CT molecular complexity index is 1520. The van der Waals surface area contributed by atoms with Gasteiger partial charge in [-0.15, -0.1) is 0 Å². The van der Waals surface area contributed by atoms with E-state index in [0.29, 0.717) is 172 Å². The van der Waals surface area contributed by atoms with E-state index in [4.69, 9.17) is 61.6 Å². The summed E-state index contributed by atoms with van der Waals surface area (Å²) in [5.41, 5.74) is 0.375. The summed E-state index contributed by atoms with van der Waals surface area (Å²) in [6, 6.07) is 3.52. The maximum atomic E-state index is 13.2. The van der Waals surface area contributed by atoms with Crippen molar-refractivity contribution in [2.45, 2.75) is 44.6 Å². The third-order valence-electron chi connectivity index (χ3n) is 9.49. The lowest BCUT2D eigenvalue weighted by Gasteiger charge is -2.27. The van der Waals surface area contributed by atoms with Gasteiger partial charge in [0.2, 0.25) is 17.7 Å². The Labute approximate surface area is 387 Å². The quantitative estimate of drug-likeness (QED) is 0.0541. The summed E-state index contributed by atoms with van der Waals surface area (Å²) < 4.78 is 70.7. The first-order valence-electron chi connectivity index (χ1n) is 22.7. The van der Waals surface area contributed by atoms with Gasteiger partial charge in [0.15, 0.2) is 0 Å². The van der Waals surface area contributed by atoms with E-state index in [0.717, 1.165) is 17.7 Å². The number of hydrogen-bond donors (Lipinski definition) is 2. The third-order valence-corrected chi connectivity index (χ3v) is 9.49. The molecule has 0 saturated carbocycles. The molecule has 0 bridgehead atoms. The van der Waals surface area contributed by atoms with Gasteiger partial charge in [0.25, 0.3) is 11.8 Å². The molecule has 21 nitrogen and oxygen atoms in total. The zero-order chi connectivity index (χ0) is 47.1. The van der Waals surface area contributed by atoms with Crippen LogP contribution in [0.3, 0.4) is 0 Å². The molecule has 2 N–H and O–H groups in total. The number of rotatable bonds is 45. The second kappa shape index (κ2) is 38.0. The first-order valence-corrected chi connectivity index (χ1v) is 22.7. The Hall–Kier alpha value is -3.97. The van der Waals surface area contributed by atoms with Crippen LogP contribution in [0, 0.1) is 0 Å². The standard InChI is InChI=1S/C45H71N3O18/c1-2-54-13-14-56-17-18-58-21-22-60-25-26-62-29-30-64-33-34-66-36-35-65-32-31-63-28-27-61-24-23-59-20-19-57-16-15-55-12-5-3-4-9-40(49)46-38-8-6-7-37-42(38)45(53)48(44(37)52)39-10-11-41(50)47-43(39)51/h2,6-8,39H,1,3-5,9-36H2,(H,46,49)(H,47,50,51). The minimum atomic E-state index is -1.08. The summed E-state index contributed by atoms with van der Waals surface area (Å²) in [6.45, 7) is 15.4. The van der Waals surface area contributed by atoms with Crippen LogP contribution in [0.4, 0.5) is 5.69 Å². The Morgan fingerprint density at radius 1 is 0.561 bits per heavy atom. The lowest BCUT2D eigenvalue weighted by atomic mass is 10.0. The molecule has 21 heteroatoms. The van der Waals surface area contributed by atoms with Crippen molar-refractivity contribution in [2.24, 2.45) is 0 Å². The first kappa shape index (κ1) is 56.4. The zero-order valence-electron chi connectivity index (χ0n) is 38.3. The number of ether oxygens (including phenoxy) is 13. The van der Waals surface area contributed by atoms with E-state index in [9.17, 15) is 24.0 Å². The van der Waals surface area contributed by atoms with Crippen molar-refractivity contribution in [1.29, 1.82) is 0 Å². The Balaban J connectivity index is 0.966. The molecule has 0 radical (unpaired) electrons. The van der Waals surface area contributed by atoms with Crippen LogP contribution < -0.4 is 10.6 Å². The molecule has 1 atom stereocenters. The molecule has 66 heavy (non-hydrogen) atoms. The molecule has 0 aromatic heterocycles. The summed E-state index contributed by atoms with van der Waals surface area (Å²) in [4.78, 5) is 63.6. The van der Waals surface area contributed by atoms with Gasteiger partial charge >= 0.3 is 0 Å². The number of hydrogen-bond acceptors (Lipinski definition) is 18. The van der Waals surface area contributed by atoms with Gasteiger partial charge in [-0.2, -0.15) is 0 Å². The fraction of sp³-hybridized carbons (Fsp3) is 0.711. The number of anilines is 1. The summed E-state index contributed by atoms with van der Waals surface area (Å²) in [5.74, 6) is -2.73. The lowest BCUT2D eigenvalue weighted by molar-refractivity contribution is -0.136. The van der Waals surface area contributed by atoms with Gasteiger partial charge in [0.05, 0.1) is 175 Å². The van der Waals surface area contributed by atoms with E-state index in [1.807, 2.05) is 0 Å². The Morgan fingerprint density at radius 2 is 0.970 bits per heavy atom. The predicted octanol–water partition coefficient (Wildman–Crippen LogP) is 1.95. The van der Waals surface area contributed by atoms with Gasteiger partial charge in [0.1, 0.15) is 12.6 Å². The SMILES string of the molecule is C=COCCOCCOCCOCCOCCOCCOCCOCCOCCOCCOCCOCCOCCCCCC(=O)Nc1cccc2c1C(=O)N(C1CCC(=O)NC1=O)C2=O. The van der Waals surface area contributed by atoms with Crippen LogP contribution in [0.1, 0.15) is 59.2 Å². The van der Waals surface area contributed by atoms with Gasteiger partial charge in [-0.25, -0.2) is 0 Å². The van der Waals surface area contributed by atoms with Crippen molar-refractivity contribution >= 4 is 35.2 Å². The minimum absolute atomic E-state index is 0.0257. The fourth-order valence-corrected chi connectivity index (χ4v) is 6.21. The highest BCUT2D eigenvalue weighted by molar-refractivity contribution is 6.26. The van der Waals surface area contributed by atoms with E-state index in [-0.39, 0.29) is 42.0 Å². The molecular formula is C45H71N3O18. The smallest absolute Gasteiger partial charge is 0.264 e. The van der Waals surface area contributed by atoms with Gasteiger partial charge < -0.3 is 66.9 Å². The highest BCUT2D eigenvalue weighted by atomic mass is 16.6. The molecule has 1 saturated heterocycles. The highest BCUT2D eigenvalue weighted by Gasteiger charge is 2.45. The summed E-state index contributed by atoms with van der Waals surface area (Å²) in [7, 11) is 0. The maximum absolute atomic E-state index is 13.2. The van der Waals surface area contributed by atoms with Crippen LogP contribution in [0.15, 0.2) is 31.0 Å². The molecule has 5 amide bonds. The second-order valence-corrected chi connectivity index (χ2v) is 14.4. The molecule has 1 fully saturated rings. The zero-order valence-corrected chi connectivity index (χ0v) is 38.3. The van der Waals surface area contributed by atoms with Crippen molar-refractivity contribution < 1.29 is 85.6 Å². The molecule has 0 aliphatic carbocycles. The molecule has 1 unspecified atom stereocenters. The van der Waals surface area contributed by atoms with Crippen LogP contribution in [0.25, 0.3) is 0 Å². The molecule has 2 aliphatic rings. The van der Waals surface area contributed by atoms with Crippen molar-refractivity contribution in [2.75, 3.05) is 170 Å². The summed E-state index contributed by atoms with van der Waals surface area (Å²) in [6.07, 6.45) is 3.82. The Kier molecular flexibility index (Phi) is 32.5. The van der Waals surface area contributed by atoms with Crippen LogP contribution in [-0.2, 0) is 76.0 Å². The number of nitrogens with zero attached hydrogens (tertiary/aromatic N) is 1. The van der Waals surface area contributed by atoms with Crippen molar-refractivity contribution in [3.63, 3.8) is 0 Å². The summed E-state index contributed by atoms with van der Waals surface area (Å²) in [5, 5.41) is 4.91. The number of benzene rings is 1. The van der Waals surface area contributed by atoms with Gasteiger partial charge in [-0.05, 0) is 31.4 Å². The monoisotopic (exact) mass is 941 g/mol. The highest BCUT2D eigenvalue weighted by Crippen LogP contribution is 2.32. The molecule has 3 rings (SSSR count). The molecule has 374 valence electrons. The minimum Gasteiger partial charge on any atom is -0.499 e. The molecule has 1 aromatic rings. The van der Waals surface area contributed by atoms with Crippen molar-refractivity contribution in [1.82, 2.24) is 10.2 Å². The van der Waals surface area contributed by atoms with Crippen LogP contribution >= 0.6 is 0 Å². The van der Waals surface area contributed by atoms with E-state index >= 15 is 0 Å². The van der Waals surface area contributed by atoms with Crippen molar-refractivity contribution in [3.05, 3.63) is 42.2 Å². The molecule has 0 spiro atoms. The van der Waals surface area contributed by atoms with E-state index < -0.39 is 29.7 Å². The fourth-order valence-electron chi connectivity index (χ4n) is 6.21. The van der Waals surface area contributed by atoms with E-state index in [1.165, 1.54) is 12.3 Å². The number of piperidine rings is 1. The molecule has 2 aliphatic heterocycles. The molecular weight excluding hydrogens is 870 g/mol. The molecule has 2 heterocycles. The number of unbranched alkanes of at least 4 members (excludes halogenated alkanes) is 2. The number of fused-ring (bicyclic) bond motifs is 1. The largest absolute Gasteiger partial charge is 0.499 e. The topological polar surface area (TPSA) is 233 Å². The normalized spacial score (nSPS) is 14.8. The first-order chi connectivity index (χ1) is 32.4. The number of imide groups is 2.